The van der Waals surface area contributed by atoms with E-state index in [-0.39, 0.29) is 23.0 Å². The van der Waals surface area contributed by atoms with Gasteiger partial charge < -0.3 is 4.90 Å². The van der Waals surface area contributed by atoms with E-state index in [2.05, 4.69) is 4.98 Å². The lowest BCUT2D eigenvalue weighted by Gasteiger charge is -2.21. The third-order valence-electron chi connectivity index (χ3n) is 3.84. The molecule has 0 saturated heterocycles. The highest BCUT2D eigenvalue weighted by Gasteiger charge is 2.21. The summed E-state index contributed by atoms with van der Waals surface area (Å²) in [5.41, 5.74) is 0.284. The van der Waals surface area contributed by atoms with Crippen LogP contribution in [-0.2, 0) is 4.79 Å². The number of thioether (sulfide) groups is 1. The van der Waals surface area contributed by atoms with E-state index in [4.69, 9.17) is 0 Å². The minimum Gasteiger partial charge on any atom is -0.308 e. The molecule has 0 N–H and O–H groups in total. The summed E-state index contributed by atoms with van der Waals surface area (Å²) in [6.45, 7) is 1.11. The number of likely N-dealkylation sites (N-methyl/N-ethyl adjacent to an activating group) is 1. The van der Waals surface area contributed by atoms with Gasteiger partial charge in [-0.25, -0.2) is 13.8 Å². The fraction of sp³-hybridized carbons (Fsp3) is 0.263. The maximum atomic E-state index is 14.0. The number of hydrogen-bond acceptors (Lipinski definition) is 5. The lowest BCUT2D eigenvalue weighted by Crippen LogP contribution is -2.37. The smallest absolute Gasteiger partial charge is 0.239 e. The van der Waals surface area contributed by atoms with E-state index in [1.54, 1.807) is 29.2 Å². The highest BCUT2D eigenvalue weighted by atomic mass is 32.2. The Morgan fingerprint density at radius 2 is 1.85 bits per heavy atom. The van der Waals surface area contributed by atoms with Crippen molar-refractivity contribution >= 4 is 44.4 Å². The average molecular weight is 408 g/mol. The van der Waals surface area contributed by atoms with Crippen LogP contribution in [0.1, 0.15) is 0 Å². The average Bonchev–Trinajstić information content (AvgIpc) is 3.06. The SMILES string of the molecule is CN(C)CCN(C(=O)CSc1ccc(F)cc1)c1nc2c(F)cccc2s1. The Labute approximate surface area is 164 Å². The molecule has 0 aliphatic heterocycles. The summed E-state index contributed by atoms with van der Waals surface area (Å²) in [6, 6.07) is 10.8. The lowest BCUT2D eigenvalue weighted by atomic mass is 10.3. The van der Waals surface area contributed by atoms with E-state index in [9.17, 15) is 13.6 Å². The van der Waals surface area contributed by atoms with Crippen molar-refractivity contribution in [1.29, 1.82) is 0 Å². The second-order valence-corrected chi connectivity index (χ2v) is 8.23. The molecule has 0 radical (unpaired) electrons. The number of thiazole rings is 1. The van der Waals surface area contributed by atoms with Crippen LogP contribution in [0.3, 0.4) is 0 Å². The first-order valence-electron chi connectivity index (χ1n) is 8.32. The zero-order valence-corrected chi connectivity index (χ0v) is 16.6. The predicted molar refractivity (Wildman–Crippen MR) is 108 cm³/mol. The van der Waals surface area contributed by atoms with Gasteiger partial charge in [0.1, 0.15) is 17.2 Å². The molecule has 1 amide bonds. The van der Waals surface area contributed by atoms with Gasteiger partial charge in [0.2, 0.25) is 5.91 Å². The molecule has 142 valence electrons. The fourth-order valence-corrected chi connectivity index (χ4v) is 4.20. The van der Waals surface area contributed by atoms with Crippen molar-refractivity contribution in [3.63, 3.8) is 0 Å². The first kappa shape index (κ1) is 19.7. The first-order valence-corrected chi connectivity index (χ1v) is 10.1. The molecule has 0 aliphatic rings. The maximum absolute atomic E-state index is 14.0. The Morgan fingerprint density at radius 3 is 2.52 bits per heavy atom. The molecule has 0 saturated carbocycles. The number of aromatic nitrogens is 1. The van der Waals surface area contributed by atoms with Crippen LogP contribution < -0.4 is 4.90 Å². The van der Waals surface area contributed by atoms with Gasteiger partial charge in [0.25, 0.3) is 0 Å². The van der Waals surface area contributed by atoms with Crippen LogP contribution in [0.15, 0.2) is 47.4 Å². The molecule has 8 heteroatoms. The van der Waals surface area contributed by atoms with E-state index < -0.39 is 5.82 Å². The Bertz CT molecular complexity index is 928. The minimum absolute atomic E-state index is 0.120. The molecule has 4 nitrogen and oxygen atoms in total. The Kier molecular flexibility index (Phi) is 6.41. The topological polar surface area (TPSA) is 36.4 Å². The predicted octanol–water partition coefficient (Wildman–Crippen LogP) is 4.26. The summed E-state index contributed by atoms with van der Waals surface area (Å²) in [5, 5.41) is 0.488. The third kappa shape index (κ3) is 5.03. The summed E-state index contributed by atoms with van der Waals surface area (Å²) in [5.74, 6) is -0.631. The number of carbonyl (C=O) groups is 1. The van der Waals surface area contributed by atoms with Crippen LogP contribution in [0.5, 0.6) is 0 Å². The third-order valence-corrected chi connectivity index (χ3v) is 5.88. The van der Waals surface area contributed by atoms with Gasteiger partial charge in [-0.15, -0.1) is 11.8 Å². The van der Waals surface area contributed by atoms with E-state index in [0.29, 0.717) is 22.9 Å². The summed E-state index contributed by atoms with van der Waals surface area (Å²) in [6.07, 6.45) is 0. The van der Waals surface area contributed by atoms with Crippen LogP contribution in [0.4, 0.5) is 13.9 Å². The van der Waals surface area contributed by atoms with E-state index in [1.165, 1.54) is 41.3 Å². The number of halogens is 2. The van der Waals surface area contributed by atoms with Gasteiger partial charge in [-0.05, 0) is 50.5 Å². The van der Waals surface area contributed by atoms with E-state index in [1.807, 2.05) is 19.0 Å². The molecular formula is C19H19F2N3OS2. The number of nitrogens with zero attached hydrogens (tertiary/aromatic N) is 3. The Hall–Kier alpha value is -2.03. The zero-order chi connectivity index (χ0) is 19.4. The van der Waals surface area contributed by atoms with E-state index >= 15 is 0 Å². The van der Waals surface area contributed by atoms with Crippen molar-refractivity contribution in [3.05, 3.63) is 54.1 Å². The zero-order valence-electron chi connectivity index (χ0n) is 15.0. The number of benzene rings is 2. The minimum atomic E-state index is -0.393. The molecule has 2 aromatic carbocycles. The van der Waals surface area contributed by atoms with Crippen molar-refractivity contribution in [2.45, 2.75) is 4.90 Å². The summed E-state index contributed by atoms with van der Waals surface area (Å²) >= 11 is 2.64. The fourth-order valence-electron chi connectivity index (χ4n) is 2.40. The highest BCUT2D eigenvalue weighted by molar-refractivity contribution is 8.00. The molecule has 3 rings (SSSR count). The number of hydrogen-bond donors (Lipinski definition) is 0. The molecule has 1 heterocycles. The molecule has 0 spiro atoms. The number of anilines is 1. The molecule has 27 heavy (non-hydrogen) atoms. The highest BCUT2D eigenvalue weighted by Crippen LogP contribution is 2.31. The quantitative estimate of drug-likeness (QED) is 0.549. The van der Waals surface area contributed by atoms with Gasteiger partial charge in [0.15, 0.2) is 5.13 Å². The molecule has 0 atom stereocenters. The number of para-hydroxylation sites is 1. The van der Waals surface area contributed by atoms with Crippen LogP contribution in [0.25, 0.3) is 10.2 Å². The number of carbonyl (C=O) groups excluding carboxylic acids is 1. The summed E-state index contributed by atoms with van der Waals surface area (Å²) in [4.78, 5) is 21.6. The van der Waals surface area contributed by atoms with Gasteiger partial charge in [0.05, 0.1) is 10.5 Å². The van der Waals surface area contributed by atoms with E-state index in [0.717, 1.165) is 4.90 Å². The molecular weight excluding hydrogens is 388 g/mol. The normalized spacial score (nSPS) is 11.3. The molecule has 1 aromatic heterocycles. The number of rotatable bonds is 7. The van der Waals surface area contributed by atoms with Gasteiger partial charge in [-0.1, -0.05) is 17.4 Å². The van der Waals surface area contributed by atoms with Gasteiger partial charge in [0, 0.05) is 18.0 Å². The van der Waals surface area contributed by atoms with Crippen molar-refractivity contribution in [1.82, 2.24) is 9.88 Å². The van der Waals surface area contributed by atoms with Crippen LogP contribution in [0, 0.1) is 11.6 Å². The van der Waals surface area contributed by atoms with Crippen molar-refractivity contribution in [2.24, 2.45) is 0 Å². The Morgan fingerprint density at radius 1 is 1.11 bits per heavy atom. The standard InChI is InChI=1S/C19H19F2N3OS2/c1-23(2)10-11-24(17(25)12-26-14-8-6-13(20)7-9-14)19-22-18-15(21)4-3-5-16(18)27-19/h3-9H,10-12H2,1-2H3. The molecule has 0 bridgehead atoms. The van der Waals surface area contributed by atoms with Crippen LogP contribution in [-0.4, -0.2) is 48.7 Å². The number of fused-ring (bicyclic) bond motifs is 1. The van der Waals surface area contributed by atoms with Gasteiger partial charge in [-0.3, -0.25) is 9.69 Å². The molecule has 3 aromatic rings. The molecule has 0 unspecified atom stereocenters. The molecule has 0 fully saturated rings. The van der Waals surface area contributed by atoms with Gasteiger partial charge >= 0.3 is 0 Å². The Balaban J connectivity index is 1.79. The number of amides is 1. The summed E-state index contributed by atoms with van der Waals surface area (Å²) in [7, 11) is 3.85. The second kappa shape index (κ2) is 8.77. The van der Waals surface area contributed by atoms with Crippen molar-refractivity contribution in [3.8, 4) is 0 Å². The van der Waals surface area contributed by atoms with Crippen LogP contribution in [0.2, 0.25) is 0 Å². The van der Waals surface area contributed by atoms with Crippen molar-refractivity contribution < 1.29 is 13.6 Å². The lowest BCUT2D eigenvalue weighted by molar-refractivity contribution is -0.116. The summed E-state index contributed by atoms with van der Waals surface area (Å²) < 4.78 is 27.7. The largest absolute Gasteiger partial charge is 0.308 e. The second-order valence-electron chi connectivity index (χ2n) is 6.17. The first-order chi connectivity index (χ1) is 12.9. The molecule has 0 aliphatic carbocycles. The van der Waals surface area contributed by atoms with Crippen LogP contribution >= 0.6 is 23.1 Å². The van der Waals surface area contributed by atoms with Gasteiger partial charge in [-0.2, -0.15) is 0 Å². The van der Waals surface area contributed by atoms with Crippen molar-refractivity contribution in [2.75, 3.05) is 37.8 Å². The maximum Gasteiger partial charge on any atom is 0.239 e. The monoisotopic (exact) mass is 407 g/mol.